The van der Waals surface area contributed by atoms with E-state index >= 15 is 0 Å². The number of hydrogen-bond donors (Lipinski definition) is 3. The number of nitrogen functional groups attached to an aromatic ring is 1. The minimum Gasteiger partial charge on any atom is -0.448 e. The predicted octanol–water partition coefficient (Wildman–Crippen LogP) is -0.954. The monoisotopic (exact) mass is 337 g/mol. The van der Waals surface area contributed by atoms with Gasteiger partial charge in [0.25, 0.3) is 0 Å². The van der Waals surface area contributed by atoms with Crippen LogP contribution in [0.15, 0.2) is 28.0 Å². The van der Waals surface area contributed by atoms with Crippen LogP contribution in [0.1, 0.15) is 0 Å². The van der Waals surface area contributed by atoms with Gasteiger partial charge in [-0.3, -0.25) is 0 Å². The van der Waals surface area contributed by atoms with Crippen molar-refractivity contribution < 1.29 is 26.4 Å². The molecule has 1 rings (SSSR count). The normalized spacial score (nSPS) is 12.0. The van der Waals surface area contributed by atoms with E-state index in [1.807, 2.05) is 0 Å². The second kappa shape index (κ2) is 6.28. The number of benzene rings is 1. The van der Waals surface area contributed by atoms with Gasteiger partial charge in [-0.2, -0.15) is 0 Å². The molecule has 0 aliphatic rings. The zero-order valence-electron chi connectivity index (χ0n) is 11.1. The first-order chi connectivity index (χ1) is 9.54. The molecule has 0 unspecified atom stereocenters. The molecule has 0 spiro atoms. The van der Waals surface area contributed by atoms with E-state index in [0.29, 0.717) is 0 Å². The van der Waals surface area contributed by atoms with E-state index in [1.54, 1.807) is 0 Å². The average molecular weight is 337 g/mol. The zero-order valence-corrected chi connectivity index (χ0v) is 12.7. The molecule has 0 bridgehead atoms. The molecule has 9 nitrogen and oxygen atoms in total. The molecule has 5 N–H and O–H groups in total. The Labute approximate surface area is 122 Å². The summed E-state index contributed by atoms with van der Waals surface area (Å²) in [6.07, 6.45) is -0.0870. The van der Waals surface area contributed by atoms with Crippen LogP contribution in [-0.4, -0.2) is 42.3 Å². The maximum absolute atomic E-state index is 12.0. The lowest BCUT2D eigenvalue weighted by Crippen LogP contribution is -2.29. The minimum atomic E-state index is -4.04. The molecule has 0 radical (unpaired) electrons. The number of rotatable bonds is 6. The SMILES string of the molecule is CS(=O)(=O)c1ccc(N)c(S(=O)(=O)NCCOC(N)=O)c1. The second-order valence-electron chi connectivity index (χ2n) is 4.04. The van der Waals surface area contributed by atoms with E-state index in [9.17, 15) is 21.6 Å². The molecule has 0 saturated carbocycles. The van der Waals surface area contributed by atoms with Gasteiger partial charge in [0.15, 0.2) is 9.84 Å². The Morgan fingerprint density at radius 2 is 1.90 bits per heavy atom. The molecule has 1 aromatic rings. The summed E-state index contributed by atoms with van der Waals surface area (Å²) in [4.78, 5) is 9.79. The van der Waals surface area contributed by atoms with Gasteiger partial charge in [0.2, 0.25) is 10.0 Å². The van der Waals surface area contributed by atoms with Crippen LogP contribution < -0.4 is 16.2 Å². The van der Waals surface area contributed by atoms with Crippen LogP contribution in [0.4, 0.5) is 10.5 Å². The number of amides is 1. The van der Waals surface area contributed by atoms with Crippen molar-refractivity contribution in [3.8, 4) is 0 Å². The number of ether oxygens (including phenoxy) is 1. The average Bonchev–Trinajstić information content (AvgIpc) is 2.33. The van der Waals surface area contributed by atoms with Crippen LogP contribution in [0.25, 0.3) is 0 Å². The Balaban J connectivity index is 3.00. The van der Waals surface area contributed by atoms with Gasteiger partial charge < -0.3 is 16.2 Å². The fourth-order valence-electron chi connectivity index (χ4n) is 1.38. The molecular formula is C10H15N3O6S2. The van der Waals surface area contributed by atoms with E-state index in [0.717, 1.165) is 12.3 Å². The van der Waals surface area contributed by atoms with Crippen LogP contribution in [0.5, 0.6) is 0 Å². The van der Waals surface area contributed by atoms with Crippen molar-refractivity contribution in [2.24, 2.45) is 5.73 Å². The first-order valence-corrected chi connectivity index (χ1v) is 8.93. The number of sulfonamides is 1. The number of sulfone groups is 1. The molecule has 1 amide bonds. The number of hydrogen-bond acceptors (Lipinski definition) is 7. The lowest BCUT2D eigenvalue weighted by molar-refractivity contribution is 0.159. The van der Waals surface area contributed by atoms with Crippen LogP contribution >= 0.6 is 0 Å². The highest BCUT2D eigenvalue weighted by atomic mass is 32.2. The fourth-order valence-corrected chi connectivity index (χ4v) is 3.27. The summed E-state index contributed by atoms with van der Waals surface area (Å²) in [6, 6.07) is 3.35. The Morgan fingerprint density at radius 3 is 2.43 bits per heavy atom. The molecule has 118 valence electrons. The fraction of sp³-hybridized carbons (Fsp3) is 0.300. The first kappa shape index (κ1) is 17.2. The summed E-state index contributed by atoms with van der Waals surface area (Å²) < 4.78 is 53.4. The zero-order chi connectivity index (χ0) is 16.3. The number of anilines is 1. The molecule has 0 saturated heterocycles. The smallest absolute Gasteiger partial charge is 0.404 e. The van der Waals surface area contributed by atoms with E-state index in [1.165, 1.54) is 12.1 Å². The largest absolute Gasteiger partial charge is 0.448 e. The van der Waals surface area contributed by atoms with E-state index in [2.05, 4.69) is 9.46 Å². The molecule has 11 heteroatoms. The van der Waals surface area contributed by atoms with Crippen molar-refractivity contribution in [3.63, 3.8) is 0 Å². The van der Waals surface area contributed by atoms with Gasteiger partial charge in [-0.15, -0.1) is 0 Å². The molecular weight excluding hydrogens is 322 g/mol. The quantitative estimate of drug-likeness (QED) is 0.445. The molecule has 1 aromatic carbocycles. The topological polar surface area (TPSA) is 159 Å². The van der Waals surface area contributed by atoms with E-state index in [4.69, 9.17) is 11.5 Å². The third-order valence-corrected chi connectivity index (χ3v) is 4.97. The predicted molar refractivity (Wildman–Crippen MR) is 74.7 cm³/mol. The summed E-state index contributed by atoms with van der Waals surface area (Å²) in [6.45, 7) is -0.492. The van der Waals surface area contributed by atoms with Crippen LogP contribution in [0, 0.1) is 0 Å². The third kappa shape index (κ3) is 4.88. The minimum absolute atomic E-state index is 0.106. The second-order valence-corrected chi connectivity index (χ2v) is 7.79. The Hall–Kier alpha value is -1.85. The molecule has 21 heavy (non-hydrogen) atoms. The lowest BCUT2D eigenvalue weighted by atomic mass is 10.3. The summed E-state index contributed by atoms with van der Waals surface area (Å²) in [5.74, 6) is 0. The number of primary amides is 1. The van der Waals surface area contributed by atoms with Crippen molar-refractivity contribution >= 4 is 31.6 Å². The molecule has 0 aromatic heterocycles. The van der Waals surface area contributed by atoms with Crippen LogP contribution in [0.2, 0.25) is 0 Å². The number of carbonyl (C=O) groups excluding carboxylic acids is 1. The highest BCUT2D eigenvalue weighted by molar-refractivity contribution is 7.91. The number of nitrogens with two attached hydrogens (primary N) is 2. The Morgan fingerprint density at radius 1 is 1.29 bits per heavy atom. The standard InChI is InChI=1S/C10H15N3O6S2/c1-20(15,16)7-2-3-8(11)9(6-7)21(17,18)13-4-5-19-10(12)14/h2-3,6,13H,4-5,11H2,1H3,(H2,12,14). The van der Waals surface area contributed by atoms with Crippen molar-refractivity contribution in [2.75, 3.05) is 25.1 Å². The van der Waals surface area contributed by atoms with Crippen molar-refractivity contribution in [2.45, 2.75) is 9.79 Å². The highest BCUT2D eigenvalue weighted by Gasteiger charge is 2.20. The summed E-state index contributed by atoms with van der Waals surface area (Å²) in [5.41, 5.74) is 10.2. The Bertz CT molecular complexity index is 742. The van der Waals surface area contributed by atoms with Crippen LogP contribution in [0.3, 0.4) is 0 Å². The summed E-state index contributed by atoms with van der Waals surface area (Å²) in [5, 5.41) is 0. The number of nitrogens with one attached hydrogen (secondary N) is 1. The van der Waals surface area contributed by atoms with Gasteiger partial charge in [-0.05, 0) is 18.2 Å². The van der Waals surface area contributed by atoms with Gasteiger partial charge in [0.1, 0.15) is 11.5 Å². The van der Waals surface area contributed by atoms with Gasteiger partial charge in [-0.1, -0.05) is 0 Å². The maximum Gasteiger partial charge on any atom is 0.404 e. The Kier molecular flexibility index (Phi) is 5.15. The maximum atomic E-state index is 12.0. The molecule has 0 fully saturated rings. The van der Waals surface area contributed by atoms with Crippen LogP contribution in [-0.2, 0) is 24.6 Å². The molecule has 0 aliphatic heterocycles. The molecule has 0 aliphatic carbocycles. The summed E-state index contributed by atoms with van der Waals surface area (Å²) >= 11 is 0. The van der Waals surface area contributed by atoms with Crippen molar-refractivity contribution in [1.29, 1.82) is 0 Å². The molecule has 0 atom stereocenters. The lowest BCUT2D eigenvalue weighted by Gasteiger charge is -2.10. The van der Waals surface area contributed by atoms with Crippen molar-refractivity contribution in [1.82, 2.24) is 4.72 Å². The van der Waals surface area contributed by atoms with Gasteiger partial charge in [0, 0.05) is 12.8 Å². The van der Waals surface area contributed by atoms with E-state index < -0.39 is 26.0 Å². The number of carbonyl (C=O) groups is 1. The van der Waals surface area contributed by atoms with Gasteiger partial charge in [0.05, 0.1) is 10.6 Å². The van der Waals surface area contributed by atoms with Gasteiger partial charge in [-0.25, -0.2) is 26.4 Å². The highest BCUT2D eigenvalue weighted by Crippen LogP contribution is 2.22. The first-order valence-electron chi connectivity index (χ1n) is 5.55. The van der Waals surface area contributed by atoms with Gasteiger partial charge >= 0.3 is 6.09 Å². The summed E-state index contributed by atoms with van der Waals surface area (Å²) in [7, 11) is -7.62. The van der Waals surface area contributed by atoms with Crippen molar-refractivity contribution in [3.05, 3.63) is 18.2 Å². The van der Waals surface area contributed by atoms with E-state index in [-0.39, 0.29) is 28.6 Å². The third-order valence-electron chi connectivity index (χ3n) is 2.34. The molecule has 0 heterocycles.